The third-order valence-electron chi connectivity index (χ3n) is 21.4. The van der Waals surface area contributed by atoms with Crippen molar-refractivity contribution in [3.63, 3.8) is 0 Å². The van der Waals surface area contributed by atoms with Gasteiger partial charge in [0.15, 0.2) is 0 Å². The minimum absolute atomic E-state index is 0. The fraction of sp³-hybridized carbons (Fsp3) is 0.513. The predicted molar refractivity (Wildman–Crippen MR) is 608 cm³/mol. The van der Waals surface area contributed by atoms with Crippen LogP contribution in [0.1, 0.15) is 333 Å². The van der Waals surface area contributed by atoms with E-state index < -0.39 is 48.3 Å². The molecule has 0 saturated heterocycles. The van der Waals surface area contributed by atoms with Gasteiger partial charge in [0.1, 0.15) is 0 Å². The van der Waals surface area contributed by atoms with Gasteiger partial charge in [-0.3, -0.25) is 5.66 Å². The van der Waals surface area contributed by atoms with Gasteiger partial charge >= 0.3 is 137 Å². The molecule has 0 spiro atoms. The van der Waals surface area contributed by atoms with Gasteiger partial charge in [0, 0.05) is 491 Å². The summed E-state index contributed by atoms with van der Waals surface area (Å²) in [7, 11) is -1.08. The van der Waals surface area contributed by atoms with Gasteiger partial charge < -0.3 is 0 Å². The van der Waals surface area contributed by atoms with Crippen molar-refractivity contribution < 1.29 is 491 Å². The number of benzene rings is 3. The fourth-order valence-electron chi connectivity index (χ4n) is 8.44. The van der Waals surface area contributed by atoms with Crippen LogP contribution < -0.4 is 0 Å². The van der Waals surface area contributed by atoms with E-state index in [1.807, 2.05) is 31.2 Å². The molecule has 20 heteroatoms. The van der Waals surface area contributed by atoms with Gasteiger partial charge in [-0.2, -0.15) is 50.0 Å². The van der Waals surface area contributed by atoms with Gasteiger partial charge in [0.2, 0.25) is 0 Å². The zero-order valence-electron chi connectivity index (χ0n) is 100. The van der Waals surface area contributed by atoms with E-state index in [9.17, 15) is 0 Å². The molecule has 0 heterocycles. The third kappa shape index (κ3) is 148. The number of unbranched alkanes of at least 4 members (excludes halogenated alkanes) is 1. The van der Waals surface area contributed by atoms with E-state index in [-0.39, 0.29) is 505 Å². The Bertz CT molecular complexity index is 3360. The van der Waals surface area contributed by atoms with E-state index >= 15 is 0 Å². The molecular formula is C119H208GeP2SiSnY15-11. The van der Waals surface area contributed by atoms with Gasteiger partial charge in [-0.25, -0.2) is 151 Å². The monoisotopic (exact) mass is 3250 g/mol. The van der Waals surface area contributed by atoms with Crippen LogP contribution in [0.25, 0.3) is 11.1 Å². The second kappa shape index (κ2) is 131. The van der Waals surface area contributed by atoms with Crippen LogP contribution in [0.15, 0.2) is 234 Å². The summed E-state index contributed by atoms with van der Waals surface area (Å²) in [4.78, 5) is 4.68. The molecule has 0 aromatic heterocycles. The second-order valence-corrected chi connectivity index (χ2v) is 65.9. The molecule has 3 aromatic rings. The average molecular weight is 3250 g/mol. The van der Waals surface area contributed by atoms with E-state index in [2.05, 4.69) is 449 Å². The van der Waals surface area contributed by atoms with Crippen LogP contribution in [0.5, 0.6) is 0 Å². The maximum Gasteiger partial charge on any atom is 0 e. The van der Waals surface area contributed by atoms with Gasteiger partial charge in [-0.05, 0) is 24.3 Å². The zero-order chi connectivity index (χ0) is 100. The van der Waals surface area contributed by atoms with Crippen LogP contribution in [0.3, 0.4) is 0 Å². The van der Waals surface area contributed by atoms with Gasteiger partial charge in [0.25, 0.3) is 0 Å². The summed E-state index contributed by atoms with van der Waals surface area (Å²) in [5, 5.41) is 2.74. The minimum Gasteiger partial charge on any atom is 0 e. The van der Waals surface area contributed by atoms with E-state index in [1.165, 1.54) is 221 Å². The molecule has 2 aliphatic carbocycles. The van der Waals surface area contributed by atoms with Gasteiger partial charge in [-0.15, -0.1) is 119 Å². The Morgan fingerprint density at radius 3 is 0.892 bits per heavy atom. The first kappa shape index (κ1) is 214. The van der Waals surface area contributed by atoms with Crippen LogP contribution in [-0.2, 0) is 497 Å². The number of hydrogen-bond donors (Lipinski definition) is 0. The quantitative estimate of drug-likeness (QED) is 0.0476. The number of hydrogen-bond acceptors (Lipinski definition) is 0. The fourth-order valence-corrected chi connectivity index (χ4v) is 8.44. The van der Waals surface area contributed by atoms with Crippen LogP contribution in [0.4, 0.5) is 0 Å². The molecule has 0 bridgehead atoms. The van der Waals surface area contributed by atoms with E-state index in [0.717, 1.165) is 24.0 Å². The SMILES string of the molecule is C=C(C)[C-](C)C.C=C(C)[C-]1CCCC1.C=C(C)[C-]1CCCCC1.C=C(C)[PH](C)(C)C.C=C(C)[Si](C)C.C=C(CC)[C-](C)C.C=C(CCCC)[C-](C)C.C=C(Cc1ccccc1)[C-](C)C.C=C([C-](C)C)C(C)(C)C.C=C([C-](C)C)C(C)C.C=C(c1c(C)cccc1C)[C-](C)C.C=C(c1ccccc1)[C-](C)C.C=P(C)(C)[C-](C)C.C=[C](C)[Ge]([CH3])[CH3].C=[C](C)[Sn]([CH3])[CH3].[Y].[Y].[Y].[Y].[Y].[Y].[Y].[Y].[Y].[Y].[Y].[Y].[Y].[Y].[Y]. The average Bonchev–Trinajstić information content (AvgIpc) is 0.850. The first-order valence-electron chi connectivity index (χ1n) is 45.9. The van der Waals surface area contributed by atoms with Crippen LogP contribution >= 0.6 is 14.1 Å². The van der Waals surface area contributed by atoms with Crippen LogP contribution in [-0.4, -0.2) is 82.5 Å². The van der Waals surface area contributed by atoms with E-state index in [0.29, 0.717) is 5.92 Å². The molecule has 0 amide bonds. The minimum atomic E-state index is -0.929. The molecule has 18 radical (unpaired) electrons. The predicted octanol–water partition coefficient (Wildman–Crippen LogP) is 40.5. The summed E-state index contributed by atoms with van der Waals surface area (Å²) in [5.74, 6) is 19.0. The molecule has 139 heavy (non-hydrogen) atoms. The number of allylic oxidation sites excluding steroid dienone is 14. The number of rotatable bonds is 24. The summed E-state index contributed by atoms with van der Waals surface area (Å²) in [5.41, 5.74) is 20.6. The first-order chi connectivity index (χ1) is 56.3. The third-order valence-corrected chi connectivity index (χ3v) is 36.5. The Morgan fingerprint density at radius 2 is 0.734 bits per heavy atom. The van der Waals surface area contributed by atoms with Crippen molar-refractivity contribution in [1.82, 2.24) is 0 Å². The topological polar surface area (TPSA) is 0 Å². The Hall–Kier alpha value is 11.6. The summed E-state index contributed by atoms with van der Waals surface area (Å²) in [6.45, 7) is 142. The molecule has 2 saturated carbocycles. The molecule has 762 valence electrons. The second-order valence-electron chi connectivity index (χ2n) is 39.2. The zero-order valence-corrected chi connectivity index (χ0v) is 151. The molecule has 2 aliphatic rings. The summed E-state index contributed by atoms with van der Waals surface area (Å²) < 4.78 is 2.88. The molecule has 0 aliphatic heterocycles. The van der Waals surface area contributed by atoms with Crippen molar-refractivity contribution in [2.45, 2.75) is 360 Å². The summed E-state index contributed by atoms with van der Waals surface area (Å²) in [6.07, 6.45) is 22.1. The molecule has 5 rings (SSSR count). The van der Waals surface area contributed by atoms with Crippen molar-refractivity contribution in [2.24, 2.45) is 11.3 Å². The van der Waals surface area contributed by atoms with E-state index in [4.69, 9.17) is 0 Å². The van der Waals surface area contributed by atoms with Crippen molar-refractivity contribution in [3.8, 4) is 0 Å². The maximum atomic E-state index is 4.11. The van der Waals surface area contributed by atoms with Gasteiger partial charge in [-0.1, -0.05) is 310 Å². The Labute approximate surface area is 1270 Å². The molecular weight excluding hydrogens is 3040 g/mol. The van der Waals surface area contributed by atoms with Crippen LogP contribution in [0, 0.1) is 90.0 Å². The summed E-state index contributed by atoms with van der Waals surface area (Å²) >= 11 is -1.55. The molecule has 0 N–H and O–H groups in total. The first-order valence-corrected chi connectivity index (χ1v) is 67.1. The van der Waals surface area contributed by atoms with Crippen molar-refractivity contribution in [3.05, 3.63) is 327 Å². The van der Waals surface area contributed by atoms with Gasteiger partial charge in [0.05, 0.1) is 8.80 Å². The molecule has 0 unspecified atom stereocenters. The molecule has 3 aromatic carbocycles. The Kier molecular flexibility index (Phi) is 202. The normalized spacial score (nSPS) is 10.1. The summed E-state index contributed by atoms with van der Waals surface area (Å²) in [6, 6.07) is 27.0. The van der Waals surface area contributed by atoms with Crippen LogP contribution in [0.2, 0.25) is 34.5 Å². The standard InChI is InChI=1S/C13H17.C12H15.C11H13.C9H15.2C9H17.C8H13.C8H15.C7H13.C6H15P.C6H14P.C6H11.C5H11Ge.C5H11Si.C3H5.2CH3.Sn.15Y/c1-9(2)12(5)13-10(3)7-6-8-11(13)4;1-10(2)11(3)9-12-7-5-4-6-8-12;1-9(2)10(3)11-7-5-4-6-8-11;1-8(2)9-6-4-3-5-7-9;1-7(2)8(3)9(4,5)6;1-5-6-7-9(4)8(2)3;1-7(2)8-5-3-4-6-8;1-6(2)8(5)7(3)4;1-5-7(4)6(2)3;2*1-6(2)7(3,4)5;3*1-5(2)6(3)4;1-3-2;;;;;;;;;;;;;;;;;;/h6-8H,5H2,1-4H3;4-8H,3,9H2,1-2H3;4-8H,3H2,1-2H3;1,3-7H2,2H3;3H2,1-2,4-6H3;4-7H2,1-3H3;1,3-6H2,2H3;6H,5H2,1-4H3;4-5H2,1-3H3;7H,1H2,2-5H3;3H2,1-2,4-5H3;3*1H2,2-4H3;1H2,2H3;2*1H3;;;;;;;;;;;;;;;;/q9*-1;;2*-1;;;;;;;;;;;;;;;;;;;;;. The van der Waals surface area contributed by atoms with Crippen molar-refractivity contribution in [2.75, 3.05) is 33.3 Å². The smallest absolute Gasteiger partial charge is 0 e. The molecule has 2 fully saturated rings. The Morgan fingerprint density at radius 1 is 0.453 bits per heavy atom. The Balaban J connectivity index is -0.0000000435. The van der Waals surface area contributed by atoms with E-state index in [1.54, 1.807) is 11.8 Å². The van der Waals surface area contributed by atoms with Crippen molar-refractivity contribution in [1.29, 1.82) is 0 Å². The molecule has 0 nitrogen and oxygen atoms in total. The molecule has 0 atom stereocenters. The maximum absolute atomic E-state index is 4.11. The van der Waals surface area contributed by atoms with Crippen molar-refractivity contribution >= 4 is 74.5 Å². The number of aryl methyl sites for hydroxylation is 2. The largest absolute Gasteiger partial charge is 0 e.